The Labute approximate surface area is 239 Å². The molecule has 0 fully saturated rings. The van der Waals surface area contributed by atoms with Crippen LogP contribution in [0, 0.1) is 0 Å². The monoisotopic (exact) mass is 609 g/mol. The molecule has 7 nitrogen and oxygen atoms in total. The highest BCUT2D eigenvalue weighted by atomic mass is 35.5. The van der Waals surface area contributed by atoms with Gasteiger partial charge in [-0.2, -0.15) is 0 Å². The number of sulfonamides is 1. The molecule has 37 heavy (non-hydrogen) atoms. The zero-order valence-electron chi connectivity index (χ0n) is 21.1. The number of nitrogens with one attached hydrogen (secondary N) is 1. The van der Waals surface area contributed by atoms with Crippen LogP contribution in [0.4, 0.5) is 5.69 Å². The first-order valence-electron chi connectivity index (χ1n) is 11.7. The Balaban J connectivity index is 2.24. The SMILES string of the molecule is CC[C@@H](C)NC(=O)[C@@H](C)N(Cc1ccc(Cl)cc1Cl)C(=O)CCCN(c1cc(Cl)ccc1Cl)S(C)(=O)=O. The number of anilines is 1. The zero-order valence-corrected chi connectivity index (χ0v) is 24.9. The molecule has 0 spiro atoms. The van der Waals surface area contributed by atoms with Gasteiger partial charge in [-0.05, 0) is 62.6 Å². The Morgan fingerprint density at radius 2 is 1.59 bits per heavy atom. The van der Waals surface area contributed by atoms with E-state index in [1.807, 2.05) is 13.8 Å². The first-order valence-corrected chi connectivity index (χ1v) is 15.1. The molecule has 12 heteroatoms. The lowest BCUT2D eigenvalue weighted by Gasteiger charge is -2.30. The quantitative estimate of drug-likeness (QED) is 0.311. The van der Waals surface area contributed by atoms with Crippen LogP contribution in [-0.2, 0) is 26.2 Å². The summed E-state index contributed by atoms with van der Waals surface area (Å²) in [6.45, 7) is 5.56. The van der Waals surface area contributed by atoms with E-state index in [9.17, 15) is 18.0 Å². The van der Waals surface area contributed by atoms with Crippen molar-refractivity contribution >= 4 is 73.9 Å². The number of amides is 2. The number of benzene rings is 2. The molecule has 2 amide bonds. The van der Waals surface area contributed by atoms with Crippen LogP contribution in [0.1, 0.15) is 45.6 Å². The molecule has 0 aliphatic heterocycles. The van der Waals surface area contributed by atoms with Gasteiger partial charge in [0.2, 0.25) is 21.8 Å². The van der Waals surface area contributed by atoms with Crippen molar-refractivity contribution in [3.05, 3.63) is 62.1 Å². The van der Waals surface area contributed by atoms with Gasteiger partial charge in [-0.1, -0.05) is 59.4 Å². The second-order valence-electron chi connectivity index (χ2n) is 8.79. The average molecular weight is 611 g/mol. The Morgan fingerprint density at radius 3 is 2.19 bits per heavy atom. The summed E-state index contributed by atoms with van der Waals surface area (Å²) in [5.41, 5.74) is 0.862. The van der Waals surface area contributed by atoms with E-state index in [-0.39, 0.29) is 54.5 Å². The predicted octanol–water partition coefficient (Wildman–Crippen LogP) is 6.18. The summed E-state index contributed by atoms with van der Waals surface area (Å²) < 4.78 is 26.1. The molecule has 0 aliphatic carbocycles. The van der Waals surface area contributed by atoms with Crippen LogP contribution in [0.2, 0.25) is 20.1 Å². The molecule has 2 rings (SSSR count). The Hall–Kier alpha value is -1.71. The number of carbonyl (C=O) groups excluding carboxylic acids is 2. The van der Waals surface area contributed by atoms with E-state index < -0.39 is 16.1 Å². The van der Waals surface area contributed by atoms with Crippen molar-refractivity contribution in [2.45, 2.75) is 58.7 Å². The van der Waals surface area contributed by atoms with Gasteiger partial charge in [-0.3, -0.25) is 13.9 Å². The fourth-order valence-electron chi connectivity index (χ4n) is 3.54. The van der Waals surface area contributed by atoms with E-state index >= 15 is 0 Å². The normalized spacial score (nSPS) is 13.1. The second-order valence-corrected chi connectivity index (χ2v) is 12.4. The van der Waals surface area contributed by atoms with E-state index in [0.29, 0.717) is 20.6 Å². The summed E-state index contributed by atoms with van der Waals surface area (Å²) in [4.78, 5) is 27.7. The zero-order chi connectivity index (χ0) is 27.9. The smallest absolute Gasteiger partial charge is 0.242 e. The summed E-state index contributed by atoms with van der Waals surface area (Å²) in [7, 11) is -3.71. The number of nitrogens with zero attached hydrogens (tertiary/aromatic N) is 2. The Bertz CT molecular complexity index is 1230. The summed E-state index contributed by atoms with van der Waals surface area (Å²) >= 11 is 24.6. The lowest BCUT2D eigenvalue weighted by Crippen LogP contribution is -2.49. The van der Waals surface area contributed by atoms with Crippen molar-refractivity contribution in [1.82, 2.24) is 10.2 Å². The minimum Gasteiger partial charge on any atom is -0.352 e. The number of carbonyl (C=O) groups is 2. The lowest BCUT2D eigenvalue weighted by atomic mass is 10.1. The van der Waals surface area contributed by atoms with Crippen LogP contribution in [0.25, 0.3) is 0 Å². The van der Waals surface area contributed by atoms with Crippen molar-refractivity contribution in [2.24, 2.45) is 0 Å². The van der Waals surface area contributed by atoms with E-state index in [4.69, 9.17) is 46.4 Å². The van der Waals surface area contributed by atoms with Crippen molar-refractivity contribution in [1.29, 1.82) is 0 Å². The Morgan fingerprint density at radius 1 is 0.973 bits per heavy atom. The summed E-state index contributed by atoms with van der Waals surface area (Å²) in [6, 6.07) is 8.62. The first-order chi connectivity index (χ1) is 17.2. The van der Waals surface area contributed by atoms with Gasteiger partial charge in [0.25, 0.3) is 0 Å². The highest BCUT2D eigenvalue weighted by molar-refractivity contribution is 7.92. The van der Waals surface area contributed by atoms with Gasteiger partial charge in [0.15, 0.2) is 0 Å². The Kier molecular flexibility index (Phi) is 11.8. The largest absolute Gasteiger partial charge is 0.352 e. The molecule has 1 N–H and O–H groups in total. The minimum atomic E-state index is -3.71. The fraction of sp³-hybridized carbons (Fsp3) is 0.440. The molecule has 0 bridgehead atoms. The van der Waals surface area contributed by atoms with Gasteiger partial charge in [-0.25, -0.2) is 8.42 Å². The van der Waals surface area contributed by atoms with Crippen LogP contribution in [0.5, 0.6) is 0 Å². The van der Waals surface area contributed by atoms with Gasteiger partial charge < -0.3 is 10.2 Å². The average Bonchev–Trinajstić information content (AvgIpc) is 2.81. The molecule has 2 aromatic carbocycles. The van der Waals surface area contributed by atoms with E-state index in [1.165, 1.54) is 17.0 Å². The summed E-state index contributed by atoms with van der Waals surface area (Å²) in [5, 5.41) is 4.27. The third kappa shape index (κ3) is 9.21. The maximum absolute atomic E-state index is 13.4. The first kappa shape index (κ1) is 31.5. The third-order valence-corrected chi connectivity index (χ3v) is 8.17. The minimum absolute atomic E-state index is 0.00633. The van der Waals surface area contributed by atoms with Crippen molar-refractivity contribution in [2.75, 3.05) is 17.1 Å². The molecular formula is C25H31Cl4N3O4S. The van der Waals surface area contributed by atoms with Crippen molar-refractivity contribution in [3.63, 3.8) is 0 Å². The summed E-state index contributed by atoms with van der Waals surface area (Å²) in [6.07, 6.45) is 1.96. The van der Waals surface area contributed by atoms with Crippen LogP contribution >= 0.6 is 46.4 Å². The number of hydrogen-bond acceptors (Lipinski definition) is 4. The van der Waals surface area contributed by atoms with Crippen LogP contribution in [-0.4, -0.2) is 50.0 Å². The van der Waals surface area contributed by atoms with Gasteiger partial charge in [-0.15, -0.1) is 0 Å². The van der Waals surface area contributed by atoms with Gasteiger partial charge in [0.05, 0.1) is 17.0 Å². The molecule has 0 radical (unpaired) electrons. The highest BCUT2D eigenvalue weighted by Crippen LogP contribution is 2.31. The van der Waals surface area contributed by atoms with Crippen molar-refractivity contribution in [3.8, 4) is 0 Å². The van der Waals surface area contributed by atoms with Gasteiger partial charge in [0.1, 0.15) is 6.04 Å². The molecule has 0 unspecified atom stereocenters. The second kappa shape index (κ2) is 13.9. The lowest BCUT2D eigenvalue weighted by molar-refractivity contribution is -0.140. The molecule has 0 saturated carbocycles. The fourth-order valence-corrected chi connectivity index (χ4v) is 5.41. The molecule has 0 saturated heterocycles. The number of rotatable bonds is 12. The van der Waals surface area contributed by atoms with Crippen LogP contribution < -0.4 is 9.62 Å². The molecule has 204 valence electrons. The topological polar surface area (TPSA) is 86.8 Å². The third-order valence-electron chi connectivity index (χ3n) is 5.85. The molecular weight excluding hydrogens is 580 g/mol. The van der Waals surface area contributed by atoms with E-state index in [2.05, 4.69) is 5.32 Å². The molecule has 2 atom stereocenters. The highest BCUT2D eigenvalue weighted by Gasteiger charge is 2.28. The van der Waals surface area contributed by atoms with Gasteiger partial charge >= 0.3 is 0 Å². The molecule has 0 aliphatic rings. The van der Waals surface area contributed by atoms with E-state index in [1.54, 1.807) is 31.2 Å². The maximum atomic E-state index is 13.4. The van der Waals surface area contributed by atoms with Crippen LogP contribution in [0.3, 0.4) is 0 Å². The van der Waals surface area contributed by atoms with Gasteiger partial charge in [0, 0.05) is 40.6 Å². The van der Waals surface area contributed by atoms with E-state index in [0.717, 1.165) is 17.0 Å². The standard InChI is InChI=1S/C25H31Cl4N3O4S/c1-5-16(2)30-25(34)17(3)31(15-18-8-9-19(26)13-22(18)29)24(33)7-6-12-32(37(4,35)36)23-14-20(27)10-11-21(23)28/h8-11,13-14,16-17H,5-7,12,15H2,1-4H3,(H,30,34)/t16-,17-/m1/s1. The number of hydrogen-bond donors (Lipinski definition) is 1. The molecule has 0 heterocycles. The molecule has 0 aromatic heterocycles. The van der Waals surface area contributed by atoms with Crippen molar-refractivity contribution < 1.29 is 18.0 Å². The number of halogens is 4. The molecule has 2 aromatic rings. The predicted molar refractivity (Wildman–Crippen MR) is 152 cm³/mol. The van der Waals surface area contributed by atoms with Crippen LogP contribution in [0.15, 0.2) is 36.4 Å². The maximum Gasteiger partial charge on any atom is 0.242 e. The summed E-state index contributed by atoms with van der Waals surface area (Å²) in [5.74, 6) is -0.625.